The van der Waals surface area contributed by atoms with Gasteiger partial charge < -0.3 is 5.32 Å². The maximum Gasteiger partial charge on any atom is 0.248 e. The van der Waals surface area contributed by atoms with E-state index < -0.39 is 9.84 Å². The van der Waals surface area contributed by atoms with Gasteiger partial charge in [-0.2, -0.15) is 0 Å². The van der Waals surface area contributed by atoms with Crippen LogP contribution >= 0.6 is 11.6 Å². The molecule has 0 spiro atoms. The Labute approximate surface area is 140 Å². The van der Waals surface area contributed by atoms with Gasteiger partial charge in [-0.25, -0.2) is 8.42 Å². The van der Waals surface area contributed by atoms with Crippen LogP contribution in [-0.2, 0) is 14.6 Å². The van der Waals surface area contributed by atoms with Crippen molar-refractivity contribution in [3.05, 3.63) is 65.2 Å². The Morgan fingerprint density at radius 1 is 1.17 bits per heavy atom. The monoisotopic (exact) mass is 349 g/mol. The number of nitrogens with one attached hydrogen (secondary N) is 1. The molecule has 0 atom stereocenters. The number of anilines is 1. The lowest BCUT2D eigenvalue weighted by Crippen LogP contribution is -2.08. The summed E-state index contributed by atoms with van der Waals surface area (Å²) in [6, 6.07) is 13.2. The Kier molecular flexibility index (Phi) is 5.58. The van der Waals surface area contributed by atoms with E-state index in [1.165, 1.54) is 18.2 Å². The number of carbonyl (C=O) groups is 1. The molecular formula is C17H16ClNO3S. The van der Waals surface area contributed by atoms with E-state index in [-0.39, 0.29) is 16.6 Å². The summed E-state index contributed by atoms with van der Waals surface area (Å²) in [4.78, 5) is 12.1. The highest BCUT2D eigenvalue weighted by Gasteiger charge is 2.10. The van der Waals surface area contributed by atoms with Gasteiger partial charge in [0.15, 0.2) is 9.84 Å². The standard InChI is InChI=1S/C17H16ClNO3S/c1-2-23(21,22)16-9-7-15(8-10-16)19-17(20)11-6-13-4-3-5-14(18)12-13/h3-12H,2H2,1H3,(H,19,20)/b11-6+. The number of sulfone groups is 1. The molecule has 0 saturated carbocycles. The van der Waals surface area contributed by atoms with E-state index >= 15 is 0 Å². The third kappa shape index (κ3) is 4.94. The summed E-state index contributed by atoms with van der Waals surface area (Å²) in [5.74, 6) is -0.266. The van der Waals surface area contributed by atoms with Gasteiger partial charge in [0.25, 0.3) is 0 Å². The van der Waals surface area contributed by atoms with Crippen LogP contribution in [0.5, 0.6) is 0 Å². The summed E-state index contributed by atoms with van der Waals surface area (Å²) in [7, 11) is -3.23. The van der Waals surface area contributed by atoms with Crippen LogP contribution in [0.1, 0.15) is 12.5 Å². The van der Waals surface area contributed by atoms with Crippen LogP contribution in [0.25, 0.3) is 6.08 Å². The SMILES string of the molecule is CCS(=O)(=O)c1ccc(NC(=O)/C=C/c2cccc(Cl)c2)cc1. The summed E-state index contributed by atoms with van der Waals surface area (Å²) < 4.78 is 23.4. The third-order valence-corrected chi connectivity index (χ3v) is 5.12. The third-order valence-electron chi connectivity index (χ3n) is 3.14. The zero-order chi connectivity index (χ0) is 16.9. The molecule has 0 unspecified atom stereocenters. The first-order valence-electron chi connectivity index (χ1n) is 6.98. The van der Waals surface area contributed by atoms with Gasteiger partial charge in [-0.3, -0.25) is 4.79 Å². The lowest BCUT2D eigenvalue weighted by Gasteiger charge is -2.04. The topological polar surface area (TPSA) is 63.2 Å². The average molecular weight is 350 g/mol. The predicted octanol–water partition coefficient (Wildman–Crippen LogP) is 3.79. The largest absolute Gasteiger partial charge is 0.323 e. The molecule has 23 heavy (non-hydrogen) atoms. The molecule has 0 aromatic heterocycles. The maximum atomic E-state index is 11.9. The molecule has 0 heterocycles. The van der Waals surface area contributed by atoms with Gasteiger partial charge in [-0.1, -0.05) is 30.7 Å². The van der Waals surface area contributed by atoms with Crippen molar-refractivity contribution in [2.45, 2.75) is 11.8 Å². The average Bonchev–Trinajstić information content (AvgIpc) is 2.53. The van der Waals surface area contributed by atoms with Gasteiger partial charge in [0.2, 0.25) is 5.91 Å². The predicted molar refractivity (Wildman–Crippen MR) is 93.3 cm³/mol. The van der Waals surface area contributed by atoms with Crippen molar-refractivity contribution < 1.29 is 13.2 Å². The van der Waals surface area contributed by atoms with E-state index in [4.69, 9.17) is 11.6 Å². The lowest BCUT2D eigenvalue weighted by atomic mass is 10.2. The molecular weight excluding hydrogens is 334 g/mol. The fraction of sp³-hybridized carbons (Fsp3) is 0.118. The van der Waals surface area contributed by atoms with E-state index in [0.29, 0.717) is 10.7 Å². The second-order valence-corrected chi connectivity index (χ2v) is 7.52. The van der Waals surface area contributed by atoms with Crippen molar-refractivity contribution in [1.29, 1.82) is 0 Å². The molecule has 0 aliphatic heterocycles. The van der Waals surface area contributed by atoms with Gasteiger partial charge in [-0.15, -0.1) is 0 Å². The lowest BCUT2D eigenvalue weighted by molar-refractivity contribution is -0.111. The van der Waals surface area contributed by atoms with Gasteiger partial charge in [0.1, 0.15) is 0 Å². The molecule has 1 amide bonds. The van der Waals surface area contributed by atoms with E-state index in [9.17, 15) is 13.2 Å². The van der Waals surface area contributed by atoms with Crippen molar-refractivity contribution in [2.75, 3.05) is 11.1 Å². The van der Waals surface area contributed by atoms with E-state index in [2.05, 4.69) is 5.32 Å². The molecule has 6 heteroatoms. The fourth-order valence-electron chi connectivity index (χ4n) is 1.88. The molecule has 0 aliphatic carbocycles. The highest BCUT2D eigenvalue weighted by atomic mass is 35.5. The summed E-state index contributed by atoms with van der Waals surface area (Å²) in [5, 5.41) is 3.27. The van der Waals surface area contributed by atoms with Gasteiger partial charge in [0.05, 0.1) is 10.6 Å². The second-order valence-electron chi connectivity index (χ2n) is 4.81. The summed E-state index contributed by atoms with van der Waals surface area (Å²) >= 11 is 5.87. The molecule has 2 rings (SSSR count). The molecule has 1 N–H and O–H groups in total. The summed E-state index contributed by atoms with van der Waals surface area (Å²) in [6.07, 6.45) is 3.04. The first-order chi connectivity index (χ1) is 10.9. The Morgan fingerprint density at radius 2 is 1.87 bits per heavy atom. The molecule has 120 valence electrons. The number of carbonyl (C=O) groups excluding carboxylic acids is 1. The Hall–Kier alpha value is -2.11. The number of amides is 1. The first-order valence-corrected chi connectivity index (χ1v) is 9.01. The minimum atomic E-state index is -3.23. The van der Waals surface area contributed by atoms with Crippen LogP contribution in [0.4, 0.5) is 5.69 Å². The van der Waals surface area contributed by atoms with E-state index in [0.717, 1.165) is 5.56 Å². The molecule has 4 nitrogen and oxygen atoms in total. The molecule has 0 radical (unpaired) electrons. The molecule has 0 saturated heterocycles. The normalized spacial score (nSPS) is 11.6. The van der Waals surface area contributed by atoms with Crippen LogP contribution in [0.15, 0.2) is 59.5 Å². The van der Waals surface area contributed by atoms with Crippen LogP contribution in [0.2, 0.25) is 5.02 Å². The number of benzene rings is 2. The van der Waals surface area contributed by atoms with E-state index in [1.54, 1.807) is 43.3 Å². The number of hydrogen-bond acceptors (Lipinski definition) is 3. The highest BCUT2D eigenvalue weighted by Crippen LogP contribution is 2.16. The minimum absolute atomic E-state index is 0.0427. The zero-order valence-corrected chi connectivity index (χ0v) is 14.1. The van der Waals surface area contributed by atoms with Crippen molar-refractivity contribution in [2.24, 2.45) is 0 Å². The van der Waals surface area contributed by atoms with Crippen molar-refractivity contribution in [1.82, 2.24) is 0 Å². The zero-order valence-electron chi connectivity index (χ0n) is 12.5. The van der Waals surface area contributed by atoms with Gasteiger partial charge in [0, 0.05) is 16.8 Å². The second kappa shape index (κ2) is 7.44. The smallest absolute Gasteiger partial charge is 0.248 e. The molecule has 0 aliphatic rings. The first kappa shape index (κ1) is 17.2. The molecule has 2 aromatic carbocycles. The maximum absolute atomic E-state index is 11.9. The Morgan fingerprint density at radius 3 is 2.48 bits per heavy atom. The summed E-state index contributed by atoms with van der Waals surface area (Å²) in [5.41, 5.74) is 1.35. The molecule has 2 aromatic rings. The van der Waals surface area contributed by atoms with Crippen molar-refractivity contribution >= 4 is 39.1 Å². The van der Waals surface area contributed by atoms with Crippen LogP contribution in [0, 0.1) is 0 Å². The van der Waals surface area contributed by atoms with Crippen LogP contribution in [-0.4, -0.2) is 20.1 Å². The van der Waals surface area contributed by atoms with E-state index in [1.807, 2.05) is 6.07 Å². The van der Waals surface area contributed by atoms with Gasteiger partial charge >= 0.3 is 0 Å². The Balaban J connectivity index is 2.03. The van der Waals surface area contributed by atoms with Crippen LogP contribution < -0.4 is 5.32 Å². The molecule has 0 fully saturated rings. The fourth-order valence-corrected chi connectivity index (χ4v) is 2.96. The minimum Gasteiger partial charge on any atom is -0.323 e. The van der Waals surface area contributed by atoms with Crippen molar-refractivity contribution in [3.8, 4) is 0 Å². The van der Waals surface area contributed by atoms with Gasteiger partial charge in [-0.05, 0) is 48.0 Å². The number of halogens is 1. The highest BCUT2D eigenvalue weighted by molar-refractivity contribution is 7.91. The summed E-state index contributed by atoms with van der Waals surface area (Å²) in [6.45, 7) is 1.59. The number of hydrogen-bond donors (Lipinski definition) is 1. The van der Waals surface area contributed by atoms with Crippen LogP contribution in [0.3, 0.4) is 0 Å². The Bertz CT molecular complexity index is 827. The molecule has 0 bridgehead atoms. The van der Waals surface area contributed by atoms with Crippen molar-refractivity contribution in [3.63, 3.8) is 0 Å². The quantitative estimate of drug-likeness (QED) is 0.835. The number of rotatable bonds is 5.